The van der Waals surface area contributed by atoms with Crippen LogP contribution in [0.25, 0.3) is 0 Å². The van der Waals surface area contributed by atoms with Crippen molar-refractivity contribution in [2.45, 2.75) is 24.6 Å². The second kappa shape index (κ2) is 5.16. The van der Waals surface area contributed by atoms with Crippen molar-refractivity contribution >= 4 is 37.8 Å². The Kier molecular flexibility index (Phi) is 3.68. The number of carbonyl (C=O) groups excluding carboxylic acids is 1. The molecule has 1 aromatic rings. The summed E-state index contributed by atoms with van der Waals surface area (Å²) in [4.78, 5) is 12.2. The number of nitrogens with two attached hydrogens (primary N) is 1. The van der Waals surface area contributed by atoms with E-state index in [2.05, 4.69) is 37.2 Å². The largest absolute Gasteiger partial charge is 0.376 e. The molecule has 4 nitrogen and oxygen atoms in total. The molecule has 3 N–H and O–H groups in total. The van der Waals surface area contributed by atoms with Crippen LogP contribution in [0.4, 0.5) is 0 Å². The van der Waals surface area contributed by atoms with Gasteiger partial charge in [-0.05, 0) is 40.5 Å². The molecule has 0 bridgehead atoms. The van der Waals surface area contributed by atoms with Crippen LogP contribution < -0.4 is 11.1 Å². The standard InChI is InChI=1S/C13H14Br2N2O2/c14-6-1-2-7(9(15)5-6)13(18)17-11-10(16)8-3-4-19-12(8)11/h1-2,5,8,10-12H,3-4,16H2,(H,17,18). The number of hydrogen-bond donors (Lipinski definition) is 2. The Bertz CT molecular complexity index is 523. The van der Waals surface area contributed by atoms with Gasteiger partial charge in [0.05, 0.1) is 17.7 Å². The molecule has 6 heteroatoms. The van der Waals surface area contributed by atoms with Crippen LogP contribution in [0, 0.1) is 5.92 Å². The first-order valence-corrected chi connectivity index (χ1v) is 7.79. The molecule has 4 atom stereocenters. The lowest BCUT2D eigenvalue weighted by molar-refractivity contribution is -0.0161. The van der Waals surface area contributed by atoms with Crippen molar-refractivity contribution in [3.8, 4) is 0 Å². The number of fused-ring (bicyclic) bond motifs is 1. The van der Waals surface area contributed by atoms with Crippen molar-refractivity contribution in [3.63, 3.8) is 0 Å². The third kappa shape index (κ3) is 2.35. The van der Waals surface area contributed by atoms with Gasteiger partial charge in [0, 0.05) is 27.5 Å². The van der Waals surface area contributed by atoms with Gasteiger partial charge in [-0.2, -0.15) is 0 Å². The van der Waals surface area contributed by atoms with Crippen molar-refractivity contribution < 1.29 is 9.53 Å². The quantitative estimate of drug-likeness (QED) is 0.813. The molecule has 19 heavy (non-hydrogen) atoms. The molecule has 1 aliphatic heterocycles. The smallest absolute Gasteiger partial charge is 0.252 e. The van der Waals surface area contributed by atoms with Crippen molar-refractivity contribution in [3.05, 3.63) is 32.7 Å². The van der Waals surface area contributed by atoms with E-state index in [9.17, 15) is 4.79 Å². The average molecular weight is 390 g/mol. The van der Waals surface area contributed by atoms with Gasteiger partial charge in [0.2, 0.25) is 0 Å². The van der Waals surface area contributed by atoms with Gasteiger partial charge in [0.15, 0.2) is 0 Å². The van der Waals surface area contributed by atoms with Gasteiger partial charge < -0.3 is 15.8 Å². The molecular weight excluding hydrogens is 376 g/mol. The lowest BCUT2D eigenvalue weighted by Crippen LogP contribution is -2.68. The van der Waals surface area contributed by atoms with Gasteiger partial charge in [0.1, 0.15) is 0 Å². The molecule has 0 radical (unpaired) electrons. The molecule has 1 saturated heterocycles. The number of carbonyl (C=O) groups is 1. The fourth-order valence-corrected chi connectivity index (χ4v) is 4.06. The highest BCUT2D eigenvalue weighted by Crippen LogP contribution is 2.38. The number of ether oxygens (including phenoxy) is 1. The first-order valence-electron chi connectivity index (χ1n) is 6.21. The number of benzene rings is 1. The van der Waals surface area contributed by atoms with E-state index >= 15 is 0 Å². The summed E-state index contributed by atoms with van der Waals surface area (Å²) < 4.78 is 7.29. The van der Waals surface area contributed by atoms with E-state index in [1.807, 2.05) is 12.1 Å². The zero-order valence-corrected chi connectivity index (χ0v) is 13.3. The van der Waals surface area contributed by atoms with Crippen LogP contribution in [0.1, 0.15) is 16.8 Å². The number of halogens is 2. The van der Waals surface area contributed by atoms with Crippen molar-refractivity contribution in [1.29, 1.82) is 0 Å². The monoisotopic (exact) mass is 388 g/mol. The minimum Gasteiger partial charge on any atom is -0.376 e. The molecule has 102 valence electrons. The van der Waals surface area contributed by atoms with Crippen LogP contribution in [-0.4, -0.2) is 30.7 Å². The fourth-order valence-electron chi connectivity index (χ4n) is 2.83. The predicted octanol–water partition coefficient (Wildman–Crippen LogP) is 2.06. The summed E-state index contributed by atoms with van der Waals surface area (Å²) in [5, 5.41) is 2.98. The predicted molar refractivity (Wildman–Crippen MR) is 78.9 cm³/mol. The summed E-state index contributed by atoms with van der Waals surface area (Å²) in [7, 11) is 0. The van der Waals surface area contributed by atoms with Crippen LogP contribution in [-0.2, 0) is 4.74 Å². The SMILES string of the molecule is NC1C2CCOC2C1NC(=O)c1ccc(Br)cc1Br. The second-order valence-corrected chi connectivity index (χ2v) is 6.76. The minimum atomic E-state index is -0.117. The third-order valence-corrected chi connectivity index (χ3v) is 5.07. The molecular formula is C13H14Br2N2O2. The van der Waals surface area contributed by atoms with Gasteiger partial charge >= 0.3 is 0 Å². The summed E-state index contributed by atoms with van der Waals surface area (Å²) in [6.45, 7) is 0.747. The van der Waals surface area contributed by atoms with E-state index in [1.165, 1.54) is 0 Å². The van der Waals surface area contributed by atoms with Crippen LogP contribution in [0.15, 0.2) is 27.1 Å². The third-order valence-electron chi connectivity index (χ3n) is 3.92. The van der Waals surface area contributed by atoms with E-state index in [-0.39, 0.29) is 24.1 Å². The maximum absolute atomic E-state index is 12.2. The summed E-state index contributed by atoms with van der Waals surface area (Å²) in [6.07, 6.45) is 1.09. The highest BCUT2D eigenvalue weighted by Gasteiger charge is 2.52. The molecule has 0 spiro atoms. The molecule has 0 aromatic heterocycles. The number of hydrogen-bond acceptors (Lipinski definition) is 3. The first-order chi connectivity index (χ1) is 9.08. The molecule has 4 unspecified atom stereocenters. The summed E-state index contributed by atoms with van der Waals surface area (Å²) in [5.41, 5.74) is 6.69. The summed E-state index contributed by atoms with van der Waals surface area (Å²) in [6, 6.07) is 5.40. The zero-order chi connectivity index (χ0) is 13.6. The van der Waals surface area contributed by atoms with Crippen molar-refractivity contribution in [1.82, 2.24) is 5.32 Å². The summed E-state index contributed by atoms with van der Waals surface area (Å²) >= 11 is 6.76. The fraction of sp³-hybridized carbons (Fsp3) is 0.462. The van der Waals surface area contributed by atoms with Gasteiger partial charge in [-0.3, -0.25) is 4.79 Å². The van der Waals surface area contributed by atoms with Crippen LogP contribution in [0.2, 0.25) is 0 Å². The molecule has 2 aliphatic rings. The highest BCUT2D eigenvalue weighted by molar-refractivity contribution is 9.11. The average Bonchev–Trinajstić information content (AvgIpc) is 2.80. The van der Waals surface area contributed by atoms with Gasteiger partial charge in [-0.15, -0.1) is 0 Å². The first kappa shape index (κ1) is 13.5. The van der Waals surface area contributed by atoms with Crippen LogP contribution >= 0.6 is 31.9 Å². The topological polar surface area (TPSA) is 64.3 Å². The molecule has 1 saturated carbocycles. The molecule has 3 rings (SSSR count). The Hall–Kier alpha value is -0.430. The Morgan fingerprint density at radius 3 is 2.95 bits per heavy atom. The number of nitrogens with one attached hydrogen (secondary N) is 1. The molecule has 1 aliphatic carbocycles. The zero-order valence-electron chi connectivity index (χ0n) is 10.1. The van der Waals surface area contributed by atoms with Crippen molar-refractivity contribution in [2.75, 3.05) is 6.61 Å². The van der Waals surface area contributed by atoms with E-state index in [0.29, 0.717) is 11.5 Å². The minimum absolute atomic E-state index is 0.00525. The van der Waals surface area contributed by atoms with Crippen LogP contribution in [0.5, 0.6) is 0 Å². The maximum atomic E-state index is 12.2. The molecule has 1 heterocycles. The Morgan fingerprint density at radius 2 is 2.21 bits per heavy atom. The Labute approximate surface area is 128 Å². The maximum Gasteiger partial charge on any atom is 0.252 e. The number of amides is 1. The lowest BCUT2D eigenvalue weighted by Gasteiger charge is -2.45. The van der Waals surface area contributed by atoms with Crippen molar-refractivity contribution in [2.24, 2.45) is 11.7 Å². The van der Waals surface area contributed by atoms with Gasteiger partial charge in [-0.1, -0.05) is 15.9 Å². The number of rotatable bonds is 2. The highest BCUT2D eigenvalue weighted by atomic mass is 79.9. The lowest BCUT2D eigenvalue weighted by atomic mass is 9.72. The van der Waals surface area contributed by atoms with E-state index < -0.39 is 0 Å². The van der Waals surface area contributed by atoms with Gasteiger partial charge in [-0.25, -0.2) is 0 Å². The molecule has 1 amide bonds. The summed E-state index contributed by atoms with van der Waals surface area (Å²) in [5.74, 6) is 0.285. The molecule has 2 fully saturated rings. The van der Waals surface area contributed by atoms with E-state index in [1.54, 1.807) is 6.07 Å². The van der Waals surface area contributed by atoms with Gasteiger partial charge in [0.25, 0.3) is 5.91 Å². The van der Waals surface area contributed by atoms with E-state index in [0.717, 1.165) is 22.0 Å². The van der Waals surface area contributed by atoms with Crippen LogP contribution in [0.3, 0.4) is 0 Å². The van der Waals surface area contributed by atoms with E-state index in [4.69, 9.17) is 10.5 Å². The normalized spacial score (nSPS) is 32.6. The second-order valence-electron chi connectivity index (χ2n) is 4.99. The molecule has 1 aromatic carbocycles. The Balaban J connectivity index is 1.71. The Morgan fingerprint density at radius 1 is 1.42 bits per heavy atom.